The highest BCUT2D eigenvalue weighted by molar-refractivity contribution is 7.21. The van der Waals surface area contributed by atoms with E-state index in [2.05, 4.69) is 10.5 Å². The summed E-state index contributed by atoms with van der Waals surface area (Å²) in [7, 11) is 3.12. The molecular weight excluding hydrogens is 395 g/mol. The number of methoxy groups -OCH3 is 2. The summed E-state index contributed by atoms with van der Waals surface area (Å²) in [6.45, 7) is 0. The normalized spacial score (nSPS) is 11.1. The van der Waals surface area contributed by atoms with Gasteiger partial charge < -0.3 is 9.47 Å². The van der Waals surface area contributed by atoms with Crippen molar-refractivity contribution in [3.05, 3.63) is 56.9 Å². The van der Waals surface area contributed by atoms with Crippen molar-refractivity contribution < 1.29 is 14.3 Å². The molecule has 1 heterocycles. The molecule has 26 heavy (non-hydrogen) atoms. The van der Waals surface area contributed by atoms with Crippen LogP contribution in [0.25, 0.3) is 10.1 Å². The number of carbonyl (C=O) groups is 1. The average molecular weight is 409 g/mol. The third-order valence-electron chi connectivity index (χ3n) is 3.61. The van der Waals surface area contributed by atoms with Crippen LogP contribution in [0.2, 0.25) is 10.0 Å². The van der Waals surface area contributed by atoms with Crippen LogP contribution in [0.1, 0.15) is 15.2 Å². The van der Waals surface area contributed by atoms with E-state index in [1.807, 2.05) is 0 Å². The summed E-state index contributed by atoms with van der Waals surface area (Å²) in [5.41, 5.74) is 3.18. The zero-order valence-electron chi connectivity index (χ0n) is 13.9. The molecule has 3 aromatic rings. The molecule has 0 fully saturated rings. The molecular formula is C18H14Cl2N2O3S. The van der Waals surface area contributed by atoms with Gasteiger partial charge in [0.1, 0.15) is 16.4 Å². The molecule has 0 aliphatic carbocycles. The van der Waals surface area contributed by atoms with Crippen molar-refractivity contribution in [2.75, 3.05) is 14.2 Å². The summed E-state index contributed by atoms with van der Waals surface area (Å²) in [5.74, 6) is 0.853. The zero-order valence-corrected chi connectivity index (χ0v) is 16.2. The van der Waals surface area contributed by atoms with E-state index in [4.69, 9.17) is 32.7 Å². The highest BCUT2D eigenvalue weighted by Crippen LogP contribution is 2.36. The minimum Gasteiger partial charge on any atom is -0.497 e. The molecule has 0 saturated heterocycles. The minimum atomic E-state index is -0.393. The van der Waals surface area contributed by atoms with Gasteiger partial charge in [0.25, 0.3) is 5.91 Å². The number of carbonyl (C=O) groups excluding carboxylic acids is 1. The number of benzene rings is 2. The molecule has 1 aromatic heterocycles. The summed E-state index contributed by atoms with van der Waals surface area (Å²) in [6.07, 6.45) is 1.49. The lowest BCUT2D eigenvalue weighted by Gasteiger charge is -2.06. The van der Waals surface area contributed by atoms with Crippen molar-refractivity contribution in [2.45, 2.75) is 0 Å². The van der Waals surface area contributed by atoms with Gasteiger partial charge in [-0.25, -0.2) is 5.43 Å². The van der Waals surface area contributed by atoms with E-state index in [9.17, 15) is 4.79 Å². The summed E-state index contributed by atoms with van der Waals surface area (Å²) in [6, 6.07) is 10.6. The van der Waals surface area contributed by atoms with Crippen molar-refractivity contribution in [1.29, 1.82) is 0 Å². The van der Waals surface area contributed by atoms with Gasteiger partial charge in [0.2, 0.25) is 0 Å². The van der Waals surface area contributed by atoms with Gasteiger partial charge in [-0.1, -0.05) is 29.3 Å². The fourth-order valence-electron chi connectivity index (χ4n) is 2.32. The lowest BCUT2D eigenvalue weighted by molar-refractivity contribution is 0.0959. The Balaban J connectivity index is 1.79. The maximum Gasteiger partial charge on any atom is 0.283 e. The van der Waals surface area contributed by atoms with Crippen LogP contribution >= 0.6 is 34.5 Å². The van der Waals surface area contributed by atoms with Crippen molar-refractivity contribution in [3.8, 4) is 11.5 Å². The van der Waals surface area contributed by atoms with Gasteiger partial charge >= 0.3 is 0 Å². The van der Waals surface area contributed by atoms with Crippen LogP contribution in [-0.4, -0.2) is 26.3 Å². The number of nitrogens with zero attached hydrogens (tertiary/aromatic N) is 1. The fraction of sp³-hybridized carbons (Fsp3) is 0.111. The molecule has 1 N–H and O–H groups in total. The van der Waals surface area contributed by atoms with Crippen LogP contribution in [0.3, 0.4) is 0 Å². The van der Waals surface area contributed by atoms with E-state index < -0.39 is 5.91 Å². The number of hydrogen-bond acceptors (Lipinski definition) is 5. The monoisotopic (exact) mass is 408 g/mol. The van der Waals surface area contributed by atoms with Gasteiger partial charge in [-0.05, 0) is 24.3 Å². The molecule has 0 atom stereocenters. The first-order chi connectivity index (χ1) is 12.5. The average Bonchev–Trinajstić information content (AvgIpc) is 2.97. The number of nitrogens with one attached hydrogen (secondary N) is 1. The number of thiophene rings is 1. The van der Waals surface area contributed by atoms with Crippen molar-refractivity contribution in [3.63, 3.8) is 0 Å². The Morgan fingerprint density at radius 3 is 2.69 bits per heavy atom. The third-order valence-corrected chi connectivity index (χ3v) is 5.50. The van der Waals surface area contributed by atoms with Gasteiger partial charge in [0, 0.05) is 26.7 Å². The standard InChI is InChI=1S/C18H14Cl2N2O3S/c1-24-12-5-3-10(14(8-12)25-2)9-21-22-18(23)17-16(20)13-6-4-11(19)7-15(13)26-17/h3-9H,1-2H3,(H,22,23)/b21-9+. The first-order valence-corrected chi connectivity index (χ1v) is 9.03. The van der Waals surface area contributed by atoms with Crippen LogP contribution in [0.5, 0.6) is 11.5 Å². The predicted molar refractivity (Wildman–Crippen MR) is 106 cm³/mol. The lowest BCUT2D eigenvalue weighted by atomic mass is 10.2. The van der Waals surface area contributed by atoms with E-state index >= 15 is 0 Å². The number of rotatable bonds is 5. The minimum absolute atomic E-state index is 0.378. The largest absolute Gasteiger partial charge is 0.497 e. The second-order valence-electron chi connectivity index (χ2n) is 5.19. The summed E-state index contributed by atoms with van der Waals surface area (Å²) >= 11 is 13.5. The highest BCUT2D eigenvalue weighted by Gasteiger charge is 2.17. The van der Waals surface area contributed by atoms with Crippen molar-refractivity contribution in [2.24, 2.45) is 5.10 Å². The molecule has 0 spiro atoms. The first-order valence-electron chi connectivity index (χ1n) is 7.46. The number of fused-ring (bicyclic) bond motifs is 1. The van der Waals surface area contributed by atoms with E-state index in [1.54, 1.807) is 50.6 Å². The molecule has 8 heteroatoms. The molecule has 0 aliphatic heterocycles. The number of ether oxygens (including phenoxy) is 2. The van der Waals surface area contributed by atoms with Gasteiger partial charge in [-0.15, -0.1) is 11.3 Å². The fourth-order valence-corrected chi connectivity index (χ4v) is 4.00. The molecule has 0 aliphatic rings. The number of hydrazone groups is 1. The van der Waals surface area contributed by atoms with Crippen molar-refractivity contribution >= 4 is 56.7 Å². The lowest BCUT2D eigenvalue weighted by Crippen LogP contribution is -2.16. The van der Waals surface area contributed by atoms with E-state index in [0.717, 1.165) is 10.1 Å². The van der Waals surface area contributed by atoms with E-state index in [0.29, 0.717) is 32.0 Å². The summed E-state index contributed by atoms with van der Waals surface area (Å²) in [4.78, 5) is 12.8. The van der Waals surface area contributed by atoms with Crippen LogP contribution in [-0.2, 0) is 0 Å². The molecule has 1 amide bonds. The maximum absolute atomic E-state index is 12.4. The first kappa shape index (κ1) is 18.5. The quantitative estimate of drug-likeness (QED) is 0.477. The molecule has 5 nitrogen and oxygen atoms in total. The zero-order chi connectivity index (χ0) is 18.7. The second kappa shape index (κ2) is 7.95. The van der Waals surface area contributed by atoms with E-state index in [1.165, 1.54) is 17.6 Å². The molecule has 3 rings (SSSR count). The Morgan fingerprint density at radius 2 is 1.96 bits per heavy atom. The van der Waals surface area contributed by atoms with Crippen LogP contribution in [0.4, 0.5) is 0 Å². The Labute approximate surface area is 164 Å². The molecule has 0 unspecified atom stereocenters. The van der Waals surface area contributed by atoms with Crippen LogP contribution in [0, 0.1) is 0 Å². The summed E-state index contributed by atoms with van der Waals surface area (Å²) in [5, 5.41) is 5.75. The Morgan fingerprint density at radius 1 is 1.15 bits per heavy atom. The molecule has 0 radical (unpaired) electrons. The Kier molecular flexibility index (Phi) is 5.66. The topological polar surface area (TPSA) is 59.9 Å². The second-order valence-corrected chi connectivity index (χ2v) is 7.06. The van der Waals surface area contributed by atoms with Crippen LogP contribution in [0.15, 0.2) is 41.5 Å². The Hall–Kier alpha value is -2.28. The van der Waals surface area contributed by atoms with Crippen LogP contribution < -0.4 is 14.9 Å². The smallest absolute Gasteiger partial charge is 0.283 e. The molecule has 0 bridgehead atoms. The highest BCUT2D eigenvalue weighted by atomic mass is 35.5. The van der Waals surface area contributed by atoms with Gasteiger partial charge in [-0.2, -0.15) is 5.10 Å². The van der Waals surface area contributed by atoms with Gasteiger partial charge in [-0.3, -0.25) is 4.79 Å². The Bertz CT molecular complexity index is 1000. The summed E-state index contributed by atoms with van der Waals surface area (Å²) < 4.78 is 11.3. The molecule has 134 valence electrons. The maximum atomic E-state index is 12.4. The predicted octanol–water partition coefficient (Wildman–Crippen LogP) is 4.99. The number of amides is 1. The molecule has 2 aromatic carbocycles. The SMILES string of the molecule is COc1ccc(/C=N/NC(=O)c2sc3cc(Cl)ccc3c2Cl)c(OC)c1. The third kappa shape index (κ3) is 3.77. The van der Waals surface area contributed by atoms with E-state index in [-0.39, 0.29) is 0 Å². The number of halogens is 2. The number of hydrogen-bond donors (Lipinski definition) is 1. The van der Waals surface area contributed by atoms with Gasteiger partial charge in [0.05, 0.1) is 25.5 Å². The van der Waals surface area contributed by atoms with Crippen molar-refractivity contribution in [1.82, 2.24) is 5.43 Å². The molecule has 0 saturated carbocycles. The van der Waals surface area contributed by atoms with Gasteiger partial charge in [0.15, 0.2) is 0 Å².